The monoisotopic (exact) mass is 215 g/mol. The lowest BCUT2D eigenvalue weighted by molar-refractivity contribution is 0.870. The summed E-state index contributed by atoms with van der Waals surface area (Å²) in [5.74, 6) is -1.53. The first kappa shape index (κ1) is 12.0. The van der Waals surface area contributed by atoms with E-state index in [0.717, 1.165) is 12.3 Å². The van der Waals surface area contributed by atoms with Gasteiger partial charge >= 0.3 is 0 Å². The molecule has 0 unspecified atom stereocenters. The van der Waals surface area contributed by atoms with Crippen molar-refractivity contribution in [3.63, 3.8) is 0 Å². The molecule has 0 spiro atoms. The Bertz CT molecular complexity index is 84.1. The van der Waals surface area contributed by atoms with Gasteiger partial charge in [0.05, 0.1) is 12.3 Å². The summed E-state index contributed by atoms with van der Waals surface area (Å²) >= 11 is 12.3. The van der Waals surface area contributed by atoms with E-state index in [-0.39, 0.29) is 0 Å². The van der Waals surface area contributed by atoms with Gasteiger partial charge in [-0.25, -0.2) is 0 Å². The predicted octanol–water partition coefficient (Wildman–Crippen LogP) is 4.91. The first-order valence-corrected chi connectivity index (χ1v) is 8.35. The molecule has 0 fully saturated rings. The summed E-state index contributed by atoms with van der Waals surface area (Å²) in [6, 6.07) is 0. The topological polar surface area (TPSA) is 0 Å². The van der Waals surface area contributed by atoms with Gasteiger partial charge in [-0.15, -0.1) is 0 Å². The molecule has 11 heavy (non-hydrogen) atoms. The molecule has 0 aliphatic heterocycles. The van der Waals surface area contributed by atoms with Gasteiger partial charge in [0, 0.05) is 0 Å². The molecule has 0 amide bonds. The number of halogens is 2. The first-order chi connectivity index (χ1) is 5.12. The second-order valence-electron chi connectivity index (χ2n) is 2.92. The SMILES string of the molecule is CCCC[P+](Cl)(Cl)CCCC. The van der Waals surface area contributed by atoms with E-state index in [9.17, 15) is 0 Å². The molecule has 0 N–H and O–H groups in total. The Balaban J connectivity index is 3.43. The van der Waals surface area contributed by atoms with Crippen LogP contribution in [0.25, 0.3) is 0 Å². The number of rotatable bonds is 6. The molecule has 0 saturated heterocycles. The minimum absolute atomic E-state index is 1.05. The Kier molecular flexibility index (Phi) is 7.12. The van der Waals surface area contributed by atoms with Crippen LogP contribution in [-0.4, -0.2) is 12.3 Å². The predicted molar refractivity (Wildman–Crippen MR) is 58.2 cm³/mol. The van der Waals surface area contributed by atoms with Crippen LogP contribution in [0.1, 0.15) is 39.5 Å². The average Bonchev–Trinajstić information content (AvgIpc) is 1.97. The van der Waals surface area contributed by atoms with Crippen LogP contribution in [0, 0.1) is 0 Å². The van der Waals surface area contributed by atoms with Crippen molar-refractivity contribution in [3.05, 3.63) is 0 Å². The van der Waals surface area contributed by atoms with E-state index in [1.807, 2.05) is 0 Å². The van der Waals surface area contributed by atoms with Crippen molar-refractivity contribution in [2.45, 2.75) is 39.5 Å². The third-order valence-electron chi connectivity index (χ3n) is 1.68. The summed E-state index contributed by atoms with van der Waals surface area (Å²) in [4.78, 5) is 0. The van der Waals surface area contributed by atoms with Crippen LogP contribution in [0.4, 0.5) is 0 Å². The van der Waals surface area contributed by atoms with E-state index in [0.29, 0.717) is 0 Å². The quantitative estimate of drug-likeness (QED) is 0.553. The Morgan fingerprint density at radius 1 is 0.909 bits per heavy atom. The van der Waals surface area contributed by atoms with Gasteiger partial charge in [-0.1, -0.05) is 26.7 Å². The maximum absolute atomic E-state index is 6.17. The van der Waals surface area contributed by atoms with Crippen molar-refractivity contribution in [2.24, 2.45) is 0 Å². The van der Waals surface area contributed by atoms with Crippen molar-refractivity contribution < 1.29 is 0 Å². The Labute approximate surface area is 80.6 Å². The number of unbranched alkanes of at least 4 members (excludes halogenated alkanes) is 2. The van der Waals surface area contributed by atoms with Crippen molar-refractivity contribution in [2.75, 3.05) is 12.3 Å². The van der Waals surface area contributed by atoms with E-state index in [1.54, 1.807) is 0 Å². The second-order valence-corrected chi connectivity index (χ2v) is 9.75. The Morgan fingerprint density at radius 3 is 1.55 bits per heavy atom. The molecule has 0 aromatic heterocycles. The van der Waals surface area contributed by atoms with Crippen LogP contribution in [0.3, 0.4) is 0 Å². The smallest absolute Gasteiger partial charge is 0.0652 e. The van der Waals surface area contributed by atoms with E-state index < -0.39 is 5.97 Å². The largest absolute Gasteiger partial charge is 0.211 e. The minimum Gasteiger partial charge on any atom is -0.0652 e. The molecule has 0 aliphatic carbocycles. The highest BCUT2D eigenvalue weighted by atomic mass is 35.9. The molecular formula is C8H18Cl2P+. The van der Waals surface area contributed by atoms with Gasteiger partial charge in [0.1, 0.15) is 22.5 Å². The molecule has 0 heterocycles. The molecule has 68 valence electrons. The molecule has 0 saturated carbocycles. The maximum atomic E-state index is 6.17. The molecule has 0 bridgehead atoms. The van der Waals surface area contributed by atoms with Crippen LogP contribution in [0.2, 0.25) is 0 Å². The zero-order valence-electron chi connectivity index (χ0n) is 7.45. The summed E-state index contributed by atoms with van der Waals surface area (Å²) in [5.41, 5.74) is 0. The molecule has 0 aliphatic rings. The van der Waals surface area contributed by atoms with Crippen LogP contribution in [0.5, 0.6) is 0 Å². The molecule has 0 nitrogen and oxygen atoms in total. The molecule has 0 atom stereocenters. The standard InChI is InChI=1S/C8H18Cl2P/c1-3-5-7-11(9,10)8-6-4-2/h3-8H2,1-2H3/q+1. The van der Waals surface area contributed by atoms with Gasteiger partial charge in [0.25, 0.3) is 0 Å². The molecule has 0 radical (unpaired) electrons. The van der Waals surface area contributed by atoms with Crippen molar-refractivity contribution >= 4 is 28.4 Å². The second kappa shape index (κ2) is 6.52. The highest BCUT2D eigenvalue weighted by Gasteiger charge is 2.32. The molecular weight excluding hydrogens is 198 g/mol. The summed E-state index contributed by atoms with van der Waals surface area (Å²) in [6.07, 6.45) is 6.87. The van der Waals surface area contributed by atoms with Gasteiger partial charge in [-0.2, -0.15) is 0 Å². The Morgan fingerprint density at radius 2 is 1.27 bits per heavy atom. The Hall–Kier alpha value is 1.01. The van der Waals surface area contributed by atoms with Crippen molar-refractivity contribution in [3.8, 4) is 0 Å². The highest BCUT2D eigenvalue weighted by molar-refractivity contribution is 8.17. The van der Waals surface area contributed by atoms with Crippen LogP contribution < -0.4 is 0 Å². The van der Waals surface area contributed by atoms with Crippen molar-refractivity contribution in [1.29, 1.82) is 0 Å². The van der Waals surface area contributed by atoms with Crippen LogP contribution in [-0.2, 0) is 0 Å². The molecule has 3 heteroatoms. The summed E-state index contributed by atoms with van der Waals surface area (Å²) < 4.78 is 0. The minimum atomic E-state index is -1.53. The zero-order chi connectivity index (χ0) is 8.74. The number of hydrogen-bond donors (Lipinski definition) is 0. The lowest BCUT2D eigenvalue weighted by Gasteiger charge is -2.08. The molecule has 0 rings (SSSR count). The van der Waals surface area contributed by atoms with E-state index in [4.69, 9.17) is 22.5 Å². The number of hydrogen-bond acceptors (Lipinski definition) is 0. The summed E-state index contributed by atoms with van der Waals surface area (Å²) in [7, 11) is 0. The first-order valence-electron chi connectivity index (χ1n) is 4.38. The van der Waals surface area contributed by atoms with Crippen LogP contribution >= 0.6 is 28.4 Å². The van der Waals surface area contributed by atoms with E-state index in [2.05, 4.69) is 13.8 Å². The highest BCUT2D eigenvalue weighted by Crippen LogP contribution is 2.69. The fourth-order valence-corrected chi connectivity index (χ4v) is 4.11. The van der Waals surface area contributed by atoms with Gasteiger partial charge in [0.2, 0.25) is 5.97 Å². The summed E-state index contributed by atoms with van der Waals surface area (Å²) in [6.45, 7) is 4.35. The van der Waals surface area contributed by atoms with Crippen LogP contribution in [0.15, 0.2) is 0 Å². The lowest BCUT2D eigenvalue weighted by atomic mass is 10.4. The fourth-order valence-electron chi connectivity index (χ4n) is 0.891. The zero-order valence-corrected chi connectivity index (χ0v) is 9.85. The summed E-state index contributed by atoms with van der Waals surface area (Å²) in [5, 5.41) is 0. The third kappa shape index (κ3) is 7.37. The van der Waals surface area contributed by atoms with Gasteiger partial charge < -0.3 is 0 Å². The van der Waals surface area contributed by atoms with Gasteiger partial charge in [0.15, 0.2) is 0 Å². The van der Waals surface area contributed by atoms with Gasteiger partial charge in [-0.3, -0.25) is 0 Å². The molecule has 0 aromatic carbocycles. The normalized spacial score (nSPS) is 12.0. The molecule has 0 aromatic rings. The third-order valence-corrected chi connectivity index (χ3v) is 5.65. The average molecular weight is 216 g/mol. The fraction of sp³-hybridized carbons (Fsp3) is 1.00. The van der Waals surface area contributed by atoms with Crippen molar-refractivity contribution in [1.82, 2.24) is 0 Å². The maximum Gasteiger partial charge on any atom is 0.211 e. The van der Waals surface area contributed by atoms with Gasteiger partial charge in [-0.05, 0) is 12.8 Å². The van der Waals surface area contributed by atoms with E-state index in [1.165, 1.54) is 25.7 Å². The lowest BCUT2D eigenvalue weighted by Crippen LogP contribution is -1.91. The van der Waals surface area contributed by atoms with E-state index >= 15 is 0 Å².